The van der Waals surface area contributed by atoms with E-state index in [-0.39, 0.29) is 5.02 Å². The molecule has 158 valence electrons. The highest BCUT2D eigenvalue weighted by atomic mass is 35.5. The predicted molar refractivity (Wildman–Crippen MR) is 108 cm³/mol. The molecule has 0 atom stereocenters. The highest BCUT2D eigenvalue weighted by molar-refractivity contribution is 7.92. The molecule has 0 fully saturated rings. The molecule has 0 saturated carbocycles. The minimum Gasteiger partial charge on any atom is -0.325 e. The molecule has 2 aromatic rings. The summed E-state index contributed by atoms with van der Waals surface area (Å²) in [6, 6.07) is 9.25. The van der Waals surface area contributed by atoms with Gasteiger partial charge in [0.15, 0.2) is 0 Å². The first-order valence-corrected chi connectivity index (χ1v) is 10.8. The number of carbonyl (C=O) groups is 1. The maximum Gasteiger partial charge on any atom is 0.416 e. The van der Waals surface area contributed by atoms with Gasteiger partial charge in [0.25, 0.3) is 0 Å². The monoisotopic (exact) mass is 448 g/mol. The smallest absolute Gasteiger partial charge is 0.325 e. The summed E-state index contributed by atoms with van der Waals surface area (Å²) in [5.41, 5.74) is -0.0102. The van der Waals surface area contributed by atoms with Gasteiger partial charge in [0.05, 0.1) is 22.5 Å². The third-order valence-electron chi connectivity index (χ3n) is 4.09. The number of nitrogens with one attached hydrogen (secondary N) is 1. The number of hydrogen-bond acceptors (Lipinski definition) is 3. The van der Waals surface area contributed by atoms with Crippen LogP contribution in [0.5, 0.6) is 0 Å². The van der Waals surface area contributed by atoms with E-state index in [0.717, 1.165) is 24.0 Å². The second-order valence-corrected chi connectivity index (χ2v) is 9.07. The van der Waals surface area contributed by atoms with Crippen LogP contribution in [-0.4, -0.2) is 27.1 Å². The Morgan fingerprint density at radius 3 is 2.21 bits per heavy atom. The molecule has 0 aliphatic rings. The van der Waals surface area contributed by atoms with Crippen LogP contribution in [0.15, 0.2) is 42.5 Å². The summed E-state index contributed by atoms with van der Waals surface area (Å²) < 4.78 is 63.9. The van der Waals surface area contributed by atoms with Gasteiger partial charge in [-0.05, 0) is 41.8 Å². The SMILES string of the molecule is CC(C)c1ccc(NC(=O)CN(c2cc(C(F)(F)F)ccc2Cl)S(C)(=O)=O)cc1. The van der Waals surface area contributed by atoms with Crippen molar-refractivity contribution >= 4 is 38.9 Å². The first-order valence-electron chi connectivity index (χ1n) is 8.53. The normalized spacial score (nSPS) is 12.1. The Balaban J connectivity index is 2.29. The number of alkyl halides is 3. The third kappa shape index (κ3) is 6.11. The lowest BCUT2D eigenvalue weighted by molar-refractivity contribution is -0.137. The molecular weight excluding hydrogens is 429 g/mol. The van der Waals surface area contributed by atoms with Crippen LogP contribution >= 0.6 is 11.6 Å². The maximum atomic E-state index is 13.0. The van der Waals surface area contributed by atoms with Crippen LogP contribution in [0.3, 0.4) is 0 Å². The Hall–Kier alpha value is -2.26. The molecule has 1 N–H and O–H groups in total. The highest BCUT2D eigenvalue weighted by Gasteiger charge is 2.33. The lowest BCUT2D eigenvalue weighted by Gasteiger charge is -2.24. The molecule has 0 aromatic heterocycles. The molecule has 2 aromatic carbocycles. The number of rotatable bonds is 6. The predicted octanol–water partition coefficient (Wildman–Crippen LogP) is 4.89. The Labute approximate surface area is 172 Å². The van der Waals surface area contributed by atoms with Crippen LogP contribution in [0, 0.1) is 0 Å². The van der Waals surface area contributed by atoms with Crippen molar-refractivity contribution in [1.29, 1.82) is 0 Å². The number of amides is 1. The van der Waals surface area contributed by atoms with Crippen molar-refractivity contribution in [2.24, 2.45) is 0 Å². The summed E-state index contributed by atoms with van der Waals surface area (Å²) >= 11 is 5.93. The van der Waals surface area contributed by atoms with Gasteiger partial charge in [-0.2, -0.15) is 13.2 Å². The molecule has 0 aliphatic carbocycles. The Kier molecular flexibility index (Phi) is 6.85. The highest BCUT2D eigenvalue weighted by Crippen LogP contribution is 2.36. The fourth-order valence-corrected chi connectivity index (χ4v) is 3.67. The molecule has 0 aliphatic heterocycles. The standard InChI is InChI=1S/C19H20ClF3N2O3S/c1-12(2)13-4-7-15(8-5-13)24-18(26)11-25(29(3,27)28)17-10-14(19(21,22)23)6-9-16(17)20/h4-10,12H,11H2,1-3H3,(H,24,26). The van der Waals surface area contributed by atoms with Crippen molar-refractivity contribution in [3.05, 3.63) is 58.6 Å². The van der Waals surface area contributed by atoms with Crippen molar-refractivity contribution in [1.82, 2.24) is 0 Å². The molecule has 1 amide bonds. The van der Waals surface area contributed by atoms with Crippen molar-refractivity contribution in [2.45, 2.75) is 25.9 Å². The zero-order valence-electron chi connectivity index (χ0n) is 15.9. The van der Waals surface area contributed by atoms with E-state index in [2.05, 4.69) is 5.32 Å². The Morgan fingerprint density at radius 1 is 1.14 bits per heavy atom. The van der Waals surface area contributed by atoms with Gasteiger partial charge in [-0.1, -0.05) is 37.6 Å². The summed E-state index contributed by atoms with van der Waals surface area (Å²) in [6.45, 7) is 3.29. The van der Waals surface area contributed by atoms with E-state index in [1.54, 1.807) is 12.1 Å². The summed E-state index contributed by atoms with van der Waals surface area (Å²) in [6.07, 6.45) is -3.91. The van der Waals surface area contributed by atoms with Crippen molar-refractivity contribution in [2.75, 3.05) is 22.4 Å². The molecular formula is C19H20ClF3N2O3S. The van der Waals surface area contributed by atoms with Crippen LogP contribution < -0.4 is 9.62 Å². The van der Waals surface area contributed by atoms with E-state index < -0.39 is 39.9 Å². The van der Waals surface area contributed by atoms with Crippen LogP contribution in [0.4, 0.5) is 24.5 Å². The molecule has 10 heteroatoms. The van der Waals surface area contributed by atoms with E-state index in [4.69, 9.17) is 11.6 Å². The van der Waals surface area contributed by atoms with Gasteiger partial charge in [-0.15, -0.1) is 0 Å². The number of sulfonamides is 1. The fourth-order valence-electron chi connectivity index (χ4n) is 2.54. The molecule has 0 heterocycles. The quantitative estimate of drug-likeness (QED) is 0.684. The topological polar surface area (TPSA) is 66.5 Å². The fraction of sp³-hybridized carbons (Fsp3) is 0.316. The Bertz CT molecular complexity index is 991. The Morgan fingerprint density at radius 2 is 1.72 bits per heavy atom. The average Bonchev–Trinajstić information content (AvgIpc) is 2.59. The van der Waals surface area contributed by atoms with E-state index in [1.807, 2.05) is 26.0 Å². The van der Waals surface area contributed by atoms with Crippen molar-refractivity contribution in [3.8, 4) is 0 Å². The zero-order valence-corrected chi connectivity index (χ0v) is 17.5. The van der Waals surface area contributed by atoms with Gasteiger partial charge in [0.2, 0.25) is 15.9 Å². The number of hydrogen-bond donors (Lipinski definition) is 1. The molecule has 0 saturated heterocycles. The molecule has 0 unspecified atom stereocenters. The van der Waals surface area contributed by atoms with E-state index in [0.29, 0.717) is 22.0 Å². The van der Waals surface area contributed by atoms with E-state index in [1.165, 1.54) is 0 Å². The third-order valence-corrected chi connectivity index (χ3v) is 5.54. The minimum atomic E-state index is -4.69. The molecule has 2 rings (SSSR count). The van der Waals surface area contributed by atoms with Crippen LogP contribution in [-0.2, 0) is 21.0 Å². The second-order valence-electron chi connectivity index (χ2n) is 6.76. The number of anilines is 2. The zero-order chi connectivity index (χ0) is 22.0. The van der Waals surface area contributed by atoms with Gasteiger partial charge in [0.1, 0.15) is 6.54 Å². The van der Waals surface area contributed by atoms with E-state index >= 15 is 0 Å². The first kappa shape index (κ1) is 23.0. The lowest BCUT2D eigenvalue weighted by atomic mass is 10.0. The number of nitrogens with zero attached hydrogens (tertiary/aromatic N) is 1. The molecule has 0 bridgehead atoms. The van der Waals surface area contributed by atoms with E-state index in [9.17, 15) is 26.4 Å². The number of benzene rings is 2. The van der Waals surface area contributed by atoms with Gasteiger partial charge in [-0.3, -0.25) is 9.10 Å². The molecule has 0 spiro atoms. The van der Waals surface area contributed by atoms with Crippen LogP contribution in [0.1, 0.15) is 30.9 Å². The maximum absolute atomic E-state index is 13.0. The summed E-state index contributed by atoms with van der Waals surface area (Å²) in [7, 11) is -4.09. The van der Waals surface area contributed by atoms with Gasteiger partial charge in [0, 0.05) is 5.69 Å². The molecule has 5 nitrogen and oxygen atoms in total. The molecule has 29 heavy (non-hydrogen) atoms. The minimum absolute atomic E-state index is 0.225. The first-order chi connectivity index (χ1) is 13.3. The van der Waals surface area contributed by atoms with Crippen LogP contribution in [0.25, 0.3) is 0 Å². The van der Waals surface area contributed by atoms with Gasteiger partial charge >= 0.3 is 6.18 Å². The summed E-state index contributed by atoms with van der Waals surface area (Å²) in [5, 5.41) is 2.31. The lowest BCUT2D eigenvalue weighted by Crippen LogP contribution is -2.37. The van der Waals surface area contributed by atoms with Crippen LogP contribution in [0.2, 0.25) is 5.02 Å². The van der Waals surface area contributed by atoms with Crippen molar-refractivity contribution in [3.63, 3.8) is 0 Å². The average molecular weight is 449 g/mol. The summed E-state index contributed by atoms with van der Waals surface area (Å²) in [5.74, 6) is -0.426. The number of carbonyl (C=O) groups excluding carboxylic acids is 1. The van der Waals surface area contributed by atoms with Gasteiger partial charge < -0.3 is 5.32 Å². The largest absolute Gasteiger partial charge is 0.416 e. The molecule has 0 radical (unpaired) electrons. The van der Waals surface area contributed by atoms with Crippen molar-refractivity contribution < 1.29 is 26.4 Å². The second kappa shape index (κ2) is 8.62. The summed E-state index contributed by atoms with van der Waals surface area (Å²) in [4.78, 5) is 12.4. The van der Waals surface area contributed by atoms with Gasteiger partial charge in [-0.25, -0.2) is 8.42 Å². The number of halogens is 4.